The topological polar surface area (TPSA) is 66.8 Å². The fourth-order valence-corrected chi connectivity index (χ4v) is 2.41. The number of aliphatic carboxylic acids is 1. The van der Waals surface area contributed by atoms with E-state index in [1.54, 1.807) is 24.3 Å². The van der Waals surface area contributed by atoms with Crippen molar-refractivity contribution in [1.82, 2.24) is 4.90 Å². The molecule has 1 aliphatic rings. The first-order valence-corrected chi connectivity index (χ1v) is 6.32. The van der Waals surface area contributed by atoms with Gasteiger partial charge in [-0.25, -0.2) is 4.79 Å². The molecule has 1 atom stereocenters. The van der Waals surface area contributed by atoms with E-state index in [-0.39, 0.29) is 5.91 Å². The van der Waals surface area contributed by atoms with Gasteiger partial charge in [0.1, 0.15) is 11.8 Å². The Balaban J connectivity index is 2.29. The Hall–Kier alpha value is -2.04. The lowest BCUT2D eigenvalue weighted by Crippen LogP contribution is -2.48. The number of hydrogen-bond donors (Lipinski definition) is 1. The number of benzene rings is 1. The molecule has 1 saturated heterocycles. The molecule has 0 aromatic heterocycles. The second-order valence-electron chi connectivity index (χ2n) is 4.55. The van der Waals surface area contributed by atoms with Gasteiger partial charge in [0.2, 0.25) is 0 Å². The molecule has 1 aliphatic heterocycles. The van der Waals surface area contributed by atoms with Crippen LogP contribution in [0.2, 0.25) is 0 Å². The third-order valence-electron chi connectivity index (χ3n) is 3.39. The standard InChI is InChI=1S/C14H17NO4/c1-19-12-8-3-2-6-10(12)13(16)15-9-5-4-7-11(15)14(17)18/h2-3,6,8,11H,4-5,7,9H2,1H3,(H,17,18)/t11-/m1/s1. The predicted molar refractivity (Wildman–Crippen MR) is 69.3 cm³/mol. The maximum atomic E-state index is 12.5. The third kappa shape index (κ3) is 2.70. The lowest BCUT2D eigenvalue weighted by molar-refractivity contribution is -0.143. The van der Waals surface area contributed by atoms with Crippen LogP contribution < -0.4 is 4.74 Å². The molecule has 1 N–H and O–H groups in total. The fraction of sp³-hybridized carbons (Fsp3) is 0.429. The van der Waals surface area contributed by atoms with E-state index >= 15 is 0 Å². The molecular formula is C14H17NO4. The van der Waals surface area contributed by atoms with Crippen molar-refractivity contribution >= 4 is 11.9 Å². The highest BCUT2D eigenvalue weighted by Crippen LogP contribution is 2.24. The average Bonchev–Trinajstić information content (AvgIpc) is 2.46. The first-order valence-electron chi connectivity index (χ1n) is 6.32. The first kappa shape index (κ1) is 13.4. The zero-order chi connectivity index (χ0) is 13.8. The Morgan fingerprint density at radius 3 is 2.74 bits per heavy atom. The number of carbonyl (C=O) groups is 2. The van der Waals surface area contributed by atoms with Gasteiger partial charge in [0, 0.05) is 6.54 Å². The maximum absolute atomic E-state index is 12.5. The Bertz CT molecular complexity index is 486. The van der Waals surface area contributed by atoms with Crippen LogP contribution in [0.1, 0.15) is 29.6 Å². The SMILES string of the molecule is COc1ccccc1C(=O)N1CCCC[C@@H]1C(=O)O. The van der Waals surface area contributed by atoms with E-state index in [1.165, 1.54) is 12.0 Å². The normalized spacial score (nSPS) is 19.0. The smallest absolute Gasteiger partial charge is 0.326 e. The van der Waals surface area contributed by atoms with Crippen LogP contribution >= 0.6 is 0 Å². The molecule has 1 amide bonds. The number of piperidine rings is 1. The van der Waals surface area contributed by atoms with E-state index in [2.05, 4.69) is 0 Å². The van der Waals surface area contributed by atoms with Gasteiger partial charge in [-0.05, 0) is 31.4 Å². The molecule has 0 bridgehead atoms. The summed E-state index contributed by atoms with van der Waals surface area (Å²) in [6.45, 7) is 0.480. The summed E-state index contributed by atoms with van der Waals surface area (Å²) in [6, 6.07) is 6.16. The second kappa shape index (κ2) is 5.73. The largest absolute Gasteiger partial charge is 0.496 e. The van der Waals surface area contributed by atoms with Crippen LogP contribution in [0.25, 0.3) is 0 Å². The zero-order valence-electron chi connectivity index (χ0n) is 10.8. The second-order valence-corrected chi connectivity index (χ2v) is 4.55. The van der Waals surface area contributed by atoms with Crippen molar-refractivity contribution in [2.24, 2.45) is 0 Å². The van der Waals surface area contributed by atoms with Crippen molar-refractivity contribution in [3.05, 3.63) is 29.8 Å². The van der Waals surface area contributed by atoms with E-state index in [9.17, 15) is 14.7 Å². The van der Waals surface area contributed by atoms with Crippen LogP contribution in [0.3, 0.4) is 0 Å². The number of carbonyl (C=O) groups excluding carboxylic acids is 1. The molecule has 5 heteroatoms. The molecule has 19 heavy (non-hydrogen) atoms. The number of nitrogens with zero attached hydrogens (tertiary/aromatic N) is 1. The molecule has 1 fully saturated rings. The number of hydrogen-bond acceptors (Lipinski definition) is 3. The summed E-state index contributed by atoms with van der Waals surface area (Å²) in [5, 5.41) is 9.21. The summed E-state index contributed by atoms with van der Waals surface area (Å²) in [4.78, 5) is 25.1. The van der Waals surface area contributed by atoms with E-state index in [0.717, 1.165) is 12.8 Å². The summed E-state index contributed by atoms with van der Waals surface area (Å²) >= 11 is 0. The molecule has 5 nitrogen and oxygen atoms in total. The van der Waals surface area contributed by atoms with Crippen molar-refractivity contribution in [3.8, 4) is 5.75 Å². The van der Waals surface area contributed by atoms with Gasteiger partial charge in [0.25, 0.3) is 5.91 Å². The maximum Gasteiger partial charge on any atom is 0.326 e. The van der Waals surface area contributed by atoms with E-state index < -0.39 is 12.0 Å². The predicted octanol–water partition coefficient (Wildman–Crippen LogP) is 1.77. The van der Waals surface area contributed by atoms with Crippen LogP contribution in [-0.2, 0) is 4.79 Å². The number of carboxylic acids is 1. The molecule has 1 aromatic rings. The minimum atomic E-state index is -0.942. The lowest BCUT2D eigenvalue weighted by atomic mass is 10.0. The fourth-order valence-electron chi connectivity index (χ4n) is 2.41. The zero-order valence-corrected chi connectivity index (χ0v) is 10.8. The average molecular weight is 263 g/mol. The van der Waals surface area contributed by atoms with Gasteiger partial charge in [0.05, 0.1) is 12.7 Å². The molecule has 0 spiro atoms. The first-order chi connectivity index (χ1) is 9.15. The van der Waals surface area contributed by atoms with Crippen molar-refractivity contribution in [3.63, 3.8) is 0 Å². The summed E-state index contributed by atoms with van der Waals surface area (Å²) in [5.41, 5.74) is 0.415. The van der Waals surface area contributed by atoms with Gasteiger partial charge >= 0.3 is 5.97 Å². The number of likely N-dealkylation sites (tertiary alicyclic amines) is 1. The van der Waals surface area contributed by atoms with Crippen molar-refractivity contribution < 1.29 is 19.4 Å². The molecule has 0 saturated carbocycles. The Labute approximate surface area is 111 Å². The molecule has 0 aliphatic carbocycles. The van der Waals surface area contributed by atoms with Gasteiger partial charge in [-0.1, -0.05) is 12.1 Å². The van der Waals surface area contributed by atoms with Gasteiger partial charge < -0.3 is 14.7 Å². The molecule has 1 aromatic carbocycles. The Morgan fingerprint density at radius 1 is 1.32 bits per heavy atom. The summed E-state index contributed by atoms with van der Waals surface area (Å²) in [6.07, 6.45) is 2.19. The van der Waals surface area contributed by atoms with Crippen molar-refractivity contribution in [2.75, 3.05) is 13.7 Å². The van der Waals surface area contributed by atoms with E-state index in [0.29, 0.717) is 24.3 Å². The number of methoxy groups -OCH3 is 1. The van der Waals surface area contributed by atoms with Gasteiger partial charge in [-0.15, -0.1) is 0 Å². The van der Waals surface area contributed by atoms with Gasteiger partial charge in [-0.2, -0.15) is 0 Å². The quantitative estimate of drug-likeness (QED) is 0.902. The Kier molecular flexibility index (Phi) is 4.04. The number of para-hydroxylation sites is 1. The van der Waals surface area contributed by atoms with Crippen molar-refractivity contribution in [1.29, 1.82) is 0 Å². The lowest BCUT2D eigenvalue weighted by Gasteiger charge is -2.33. The summed E-state index contributed by atoms with van der Waals surface area (Å²) in [5.74, 6) is -0.741. The minimum absolute atomic E-state index is 0.274. The number of rotatable bonds is 3. The summed E-state index contributed by atoms with van der Waals surface area (Å²) in [7, 11) is 1.50. The highest BCUT2D eigenvalue weighted by molar-refractivity contribution is 5.99. The van der Waals surface area contributed by atoms with Gasteiger partial charge in [-0.3, -0.25) is 4.79 Å². The third-order valence-corrected chi connectivity index (χ3v) is 3.39. The van der Waals surface area contributed by atoms with Crippen molar-refractivity contribution in [2.45, 2.75) is 25.3 Å². The molecule has 102 valence electrons. The highest BCUT2D eigenvalue weighted by Gasteiger charge is 2.33. The monoisotopic (exact) mass is 263 g/mol. The number of amides is 1. The number of ether oxygens (including phenoxy) is 1. The van der Waals surface area contributed by atoms with E-state index in [1.807, 2.05) is 0 Å². The molecular weight excluding hydrogens is 246 g/mol. The molecule has 0 unspecified atom stereocenters. The van der Waals surface area contributed by atoms with Crippen LogP contribution in [0, 0.1) is 0 Å². The minimum Gasteiger partial charge on any atom is -0.496 e. The number of carboxylic acid groups (broad SMARTS) is 1. The Morgan fingerprint density at radius 2 is 2.05 bits per heavy atom. The van der Waals surface area contributed by atoms with E-state index in [4.69, 9.17) is 4.74 Å². The van der Waals surface area contributed by atoms with Crippen LogP contribution in [0.15, 0.2) is 24.3 Å². The van der Waals surface area contributed by atoms with Crippen LogP contribution in [0.5, 0.6) is 5.75 Å². The summed E-state index contributed by atoms with van der Waals surface area (Å²) < 4.78 is 5.16. The van der Waals surface area contributed by atoms with Crippen LogP contribution in [-0.4, -0.2) is 41.6 Å². The molecule has 1 heterocycles. The highest BCUT2D eigenvalue weighted by atomic mass is 16.5. The van der Waals surface area contributed by atoms with Gasteiger partial charge in [0.15, 0.2) is 0 Å². The van der Waals surface area contributed by atoms with Crippen LogP contribution in [0.4, 0.5) is 0 Å². The molecule has 2 rings (SSSR count). The molecule has 0 radical (unpaired) electrons.